The highest BCUT2D eigenvalue weighted by molar-refractivity contribution is 5.82. The van der Waals surface area contributed by atoms with Crippen molar-refractivity contribution in [2.45, 2.75) is 38.5 Å². The monoisotopic (exact) mass is 374 g/mol. The van der Waals surface area contributed by atoms with Gasteiger partial charge in [-0.25, -0.2) is 0 Å². The maximum Gasteiger partial charge on any atom is 0.237 e. The fourth-order valence-electron chi connectivity index (χ4n) is 3.88. The number of hydrogen-bond donors (Lipinski definition) is 1. The zero-order chi connectivity index (χ0) is 19.2. The van der Waals surface area contributed by atoms with Crippen LogP contribution in [-0.2, 0) is 24.4 Å². The minimum atomic E-state index is -0.0431. The highest BCUT2D eigenvalue weighted by Gasteiger charge is 2.30. The van der Waals surface area contributed by atoms with Gasteiger partial charge in [0.15, 0.2) is 0 Å². The van der Waals surface area contributed by atoms with Crippen molar-refractivity contribution in [2.24, 2.45) is 0 Å². The first-order valence-corrected chi connectivity index (χ1v) is 9.89. The lowest BCUT2D eigenvalue weighted by Crippen LogP contribution is -2.42. The third kappa shape index (κ3) is 4.49. The number of benzene rings is 2. The zero-order valence-corrected chi connectivity index (χ0v) is 16.0. The van der Waals surface area contributed by atoms with Crippen LogP contribution in [-0.4, -0.2) is 33.2 Å². The van der Waals surface area contributed by atoms with E-state index in [1.54, 1.807) is 6.20 Å². The number of nitrogens with zero attached hydrogens (tertiary/aromatic N) is 3. The topological polar surface area (TPSA) is 50.2 Å². The van der Waals surface area contributed by atoms with Crippen molar-refractivity contribution in [1.29, 1.82) is 0 Å². The van der Waals surface area contributed by atoms with Gasteiger partial charge in [0, 0.05) is 25.5 Å². The molecule has 1 fully saturated rings. The van der Waals surface area contributed by atoms with E-state index in [4.69, 9.17) is 0 Å². The fraction of sp³-hybridized carbons (Fsp3) is 0.304. The van der Waals surface area contributed by atoms with Crippen LogP contribution >= 0.6 is 0 Å². The fourth-order valence-corrected chi connectivity index (χ4v) is 3.88. The highest BCUT2D eigenvalue weighted by Crippen LogP contribution is 2.20. The summed E-state index contributed by atoms with van der Waals surface area (Å²) in [6.45, 7) is 3.06. The van der Waals surface area contributed by atoms with E-state index in [2.05, 4.69) is 51.7 Å². The van der Waals surface area contributed by atoms with Crippen LogP contribution in [0.25, 0.3) is 0 Å². The van der Waals surface area contributed by atoms with Gasteiger partial charge in [0.05, 0.1) is 12.6 Å². The van der Waals surface area contributed by atoms with Gasteiger partial charge in [-0.05, 0) is 42.1 Å². The summed E-state index contributed by atoms with van der Waals surface area (Å²) in [5, 5.41) is 7.45. The highest BCUT2D eigenvalue weighted by atomic mass is 16.2. The van der Waals surface area contributed by atoms with Crippen molar-refractivity contribution < 1.29 is 4.79 Å². The Hall–Kier alpha value is -2.92. The Bertz CT molecular complexity index is 892. The molecule has 1 atom stereocenters. The summed E-state index contributed by atoms with van der Waals surface area (Å²) in [7, 11) is 0. The summed E-state index contributed by atoms with van der Waals surface area (Å²) >= 11 is 0. The number of rotatable bonds is 7. The molecule has 4 rings (SSSR count). The van der Waals surface area contributed by atoms with Crippen molar-refractivity contribution in [3.05, 3.63) is 89.7 Å². The van der Waals surface area contributed by atoms with Crippen LogP contribution in [0.1, 0.15) is 29.5 Å². The molecule has 2 aromatic carbocycles. The minimum Gasteiger partial charge on any atom is -0.351 e. The molecule has 1 aliphatic heterocycles. The average molecular weight is 374 g/mol. The molecule has 1 aromatic heterocycles. The van der Waals surface area contributed by atoms with E-state index in [0.717, 1.165) is 31.5 Å². The Morgan fingerprint density at radius 2 is 1.79 bits per heavy atom. The largest absolute Gasteiger partial charge is 0.351 e. The molecule has 3 aromatic rings. The molecule has 5 heteroatoms. The number of nitrogens with one attached hydrogen (secondary N) is 1. The molecule has 2 heterocycles. The van der Waals surface area contributed by atoms with Crippen LogP contribution in [0.4, 0.5) is 0 Å². The molecular weight excluding hydrogens is 348 g/mol. The van der Waals surface area contributed by atoms with E-state index in [1.807, 2.05) is 35.1 Å². The molecule has 1 saturated heterocycles. The van der Waals surface area contributed by atoms with E-state index in [1.165, 1.54) is 11.1 Å². The van der Waals surface area contributed by atoms with Gasteiger partial charge in [-0.2, -0.15) is 5.10 Å². The Balaban J connectivity index is 1.37. The van der Waals surface area contributed by atoms with Gasteiger partial charge >= 0.3 is 0 Å². The van der Waals surface area contributed by atoms with E-state index < -0.39 is 0 Å². The van der Waals surface area contributed by atoms with Crippen molar-refractivity contribution in [1.82, 2.24) is 20.0 Å². The lowest BCUT2D eigenvalue weighted by atomic mass is 10.1. The molecule has 1 aliphatic rings. The summed E-state index contributed by atoms with van der Waals surface area (Å²) < 4.78 is 1.90. The second kappa shape index (κ2) is 8.85. The summed E-state index contributed by atoms with van der Waals surface area (Å²) in [4.78, 5) is 15.2. The second-order valence-electron chi connectivity index (χ2n) is 7.30. The zero-order valence-electron chi connectivity index (χ0n) is 16.0. The Kier molecular flexibility index (Phi) is 5.83. The second-order valence-corrected chi connectivity index (χ2v) is 7.30. The van der Waals surface area contributed by atoms with Crippen LogP contribution in [0.15, 0.2) is 73.1 Å². The average Bonchev–Trinajstić information content (AvgIpc) is 3.40. The maximum atomic E-state index is 12.9. The standard InChI is InChI=1S/C23H26N4O/c28-23(22-12-6-14-26(22)17-19-8-2-1-3-9-19)24-16-20-10-4-5-11-21(20)18-27-15-7-13-25-27/h1-5,7-11,13,15,22H,6,12,14,16-18H2,(H,24,28). The lowest BCUT2D eigenvalue weighted by molar-refractivity contribution is -0.125. The van der Waals surface area contributed by atoms with Crippen molar-refractivity contribution in [3.8, 4) is 0 Å². The molecule has 1 unspecified atom stereocenters. The first-order chi connectivity index (χ1) is 13.8. The molecule has 0 spiro atoms. The number of hydrogen-bond acceptors (Lipinski definition) is 3. The number of carbonyl (C=O) groups is 1. The molecule has 0 radical (unpaired) electrons. The van der Waals surface area contributed by atoms with Gasteiger partial charge in [-0.3, -0.25) is 14.4 Å². The minimum absolute atomic E-state index is 0.0431. The van der Waals surface area contributed by atoms with Gasteiger partial charge in [-0.15, -0.1) is 0 Å². The normalized spacial score (nSPS) is 16.9. The lowest BCUT2D eigenvalue weighted by Gasteiger charge is -2.24. The molecule has 0 saturated carbocycles. The van der Waals surface area contributed by atoms with Gasteiger partial charge < -0.3 is 5.32 Å². The van der Waals surface area contributed by atoms with E-state index in [-0.39, 0.29) is 11.9 Å². The Labute approximate surface area is 166 Å². The van der Waals surface area contributed by atoms with Crippen LogP contribution in [0.5, 0.6) is 0 Å². The number of likely N-dealkylation sites (tertiary alicyclic amines) is 1. The summed E-state index contributed by atoms with van der Waals surface area (Å²) in [5.41, 5.74) is 3.57. The van der Waals surface area contributed by atoms with Crippen molar-refractivity contribution in [3.63, 3.8) is 0 Å². The van der Waals surface area contributed by atoms with E-state index >= 15 is 0 Å². The third-order valence-corrected chi connectivity index (χ3v) is 5.36. The number of aromatic nitrogens is 2. The molecule has 0 bridgehead atoms. The van der Waals surface area contributed by atoms with Crippen LogP contribution in [0.3, 0.4) is 0 Å². The molecule has 1 amide bonds. The summed E-state index contributed by atoms with van der Waals surface area (Å²) in [6, 6.07) is 20.5. The molecule has 144 valence electrons. The summed E-state index contributed by atoms with van der Waals surface area (Å²) in [5.74, 6) is 0.127. The van der Waals surface area contributed by atoms with Gasteiger partial charge in [0.1, 0.15) is 0 Å². The molecular formula is C23H26N4O. The maximum absolute atomic E-state index is 12.9. The Morgan fingerprint density at radius 3 is 2.57 bits per heavy atom. The van der Waals surface area contributed by atoms with Gasteiger partial charge in [-0.1, -0.05) is 54.6 Å². The molecule has 1 N–H and O–H groups in total. The SMILES string of the molecule is O=C(NCc1ccccc1Cn1cccn1)C1CCCN1Cc1ccccc1. The molecule has 28 heavy (non-hydrogen) atoms. The van der Waals surface area contributed by atoms with Gasteiger partial charge in [0.25, 0.3) is 0 Å². The predicted octanol–water partition coefficient (Wildman–Crippen LogP) is 3.21. The van der Waals surface area contributed by atoms with Crippen LogP contribution in [0, 0.1) is 0 Å². The quantitative estimate of drug-likeness (QED) is 0.691. The first-order valence-electron chi connectivity index (χ1n) is 9.89. The number of carbonyl (C=O) groups excluding carboxylic acids is 1. The Morgan fingerprint density at radius 1 is 1.00 bits per heavy atom. The molecule has 0 aliphatic carbocycles. The van der Waals surface area contributed by atoms with E-state index in [0.29, 0.717) is 13.1 Å². The molecule has 5 nitrogen and oxygen atoms in total. The van der Waals surface area contributed by atoms with Crippen molar-refractivity contribution in [2.75, 3.05) is 6.54 Å². The predicted molar refractivity (Wildman–Crippen MR) is 109 cm³/mol. The smallest absolute Gasteiger partial charge is 0.237 e. The number of amides is 1. The van der Waals surface area contributed by atoms with Crippen molar-refractivity contribution >= 4 is 5.91 Å². The summed E-state index contributed by atoms with van der Waals surface area (Å²) in [6.07, 6.45) is 5.73. The first kappa shape index (κ1) is 18.4. The van der Waals surface area contributed by atoms with Crippen LogP contribution < -0.4 is 5.32 Å². The van der Waals surface area contributed by atoms with Crippen LogP contribution in [0.2, 0.25) is 0 Å². The van der Waals surface area contributed by atoms with E-state index in [9.17, 15) is 4.79 Å². The third-order valence-electron chi connectivity index (χ3n) is 5.36. The van der Waals surface area contributed by atoms with Gasteiger partial charge in [0.2, 0.25) is 5.91 Å².